The average molecular weight is 847 g/mol. The Bertz CT molecular complexity index is 2450. The van der Waals surface area contributed by atoms with Crippen LogP contribution in [0.1, 0.15) is 69.1 Å². The van der Waals surface area contributed by atoms with Gasteiger partial charge >= 0.3 is 12.2 Å². The van der Waals surface area contributed by atoms with E-state index >= 15 is 0 Å². The number of ether oxygens (including phenoxy) is 4. The van der Waals surface area contributed by atoms with Gasteiger partial charge in [0, 0.05) is 38.5 Å². The molecule has 0 spiro atoms. The second-order valence-corrected chi connectivity index (χ2v) is 16.9. The van der Waals surface area contributed by atoms with Crippen molar-refractivity contribution in [1.29, 1.82) is 0 Å². The van der Waals surface area contributed by atoms with E-state index in [1.165, 1.54) is 14.2 Å². The number of methoxy groups -OCH3 is 2. The smallest absolute Gasteiger partial charge is 0.407 e. The first-order valence-electron chi connectivity index (χ1n) is 21.8. The fourth-order valence-electron chi connectivity index (χ4n) is 9.92. The van der Waals surface area contributed by atoms with Gasteiger partial charge in [0.1, 0.15) is 23.2 Å². The number of hydrogen-bond donors (Lipinski definition) is 5. The molecule has 0 aliphatic carbocycles. The molecule has 4 fully saturated rings. The van der Waals surface area contributed by atoms with Crippen molar-refractivity contribution in [1.82, 2.24) is 40.8 Å². The first-order chi connectivity index (χ1) is 30.2. The van der Waals surface area contributed by atoms with Crippen molar-refractivity contribution in [2.24, 2.45) is 11.8 Å². The largest absolute Gasteiger partial charge is 0.453 e. The Balaban J connectivity index is 0.931. The van der Waals surface area contributed by atoms with Gasteiger partial charge in [0.05, 0.1) is 49.2 Å². The Morgan fingerprint density at radius 1 is 0.774 bits per heavy atom. The van der Waals surface area contributed by atoms with Crippen LogP contribution in [0.25, 0.3) is 44.2 Å². The number of ketones is 1. The van der Waals surface area contributed by atoms with E-state index < -0.39 is 29.8 Å². The Labute approximate surface area is 359 Å². The summed E-state index contributed by atoms with van der Waals surface area (Å²) in [7, 11) is 2.61. The first kappa shape index (κ1) is 41.5. The highest BCUT2D eigenvalue weighted by Crippen LogP contribution is 2.38. The van der Waals surface area contributed by atoms with Crippen molar-refractivity contribution >= 4 is 45.7 Å². The number of hydrogen-bond acceptors (Lipinski definition) is 11. The molecule has 0 saturated carbocycles. The molecule has 326 valence electrons. The van der Waals surface area contributed by atoms with Gasteiger partial charge in [0.2, 0.25) is 5.91 Å². The summed E-state index contributed by atoms with van der Waals surface area (Å²) in [5, 5.41) is 11.3. The molecule has 4 aliphatic heterocycles. The molecule has 5 N–H and O–H groups in total. The third-order valence-electron chi connectivity index (χ3n) is 13.3. The Hall–Kier alpha value is -5.84. The van der Waals surface area contributed by atoms with Crippen LogP contribution >= 0.6 is 0 Å². The van der Waals surface area contributed by atoms with Gasteiger partial charge < -0.3 is 44.4 Å². The minimum Gasteiger partial charge on any atom is -0.453 e. The topological polar surface area (TPSA) is 202 Å². The molecule has 2 aromatic heterocycles. The minimum absolute atomic E-state index is 0.0354. The quantitative estimate of drug-likeness (QED) is 0.106. The number of aromatic amines is 2. The lowest BCUT2D eigenvalue weighted by atomic mass is 9.79. The maximum absolute atomic E-state index is 14.6. The van der Waals surface area contributed by atoms with E-state index in [4.69, 9.17) is 28.9 Å². The van der Waals surface area contributed by atoms with Crippen molar-refractivity contribution in [3.8, 4) is 22.4 Å². The molecule has 4 atom stereocenters. The molecule has 0 bridgehead atoms. The lowest BCUT2D eigenvalue weighted by Crippen LogP contribution is -2.58. The number of carbonyl (C=O) groups excluding carboxylic acids is 4. The summed E-state index contributed by atoms with van der Waals surface area (Å²) in [5.74, 6) is 0.916. The predicted octanol–water partition coefficient (Wildman–Crippen LogP) is 5.89. The third kappa shape index (κ3) is 8.14. The van der Waals surface area contributed by atoms with Gasteiger partial charge in [-0.1, -0.05) is 30.3 Å². The molecule has 4 saturated heterocycles. The van der Waals surface area contributed by atoms with Gasteiger partial charge in [-0.25, -0.2) is 19.6 Å². The molecular formula is C46H54N8O8. The van der Waals surface area contributed by atoms with Gasteiger partial charge in [0.25, 0.3) is 0 Å². The maximum atomic E-state index is 14.6. The fraction of sp³-hybridized carbons (Fsp3) is 0.478. The summed E-state index contributed by atoms with van der Waals surface area (Å²) < 4.78 is 20.9. The molecule has 16 heteroatoms. The van der Waals surface area contributed by atoms with Crippen molar-refractivity contribution < 1.29 is 38.1 Å². The van der Waals surface area contributed by atoms with E-state index in [-0.39, 0.29) is 29.6 Å². The van der Waals surface area contributed by atoms with E-state index in [2.05, 4.69) is 68.4 Å². The Morgan fingerprint density at radius 3 is 2.08 bits per heavy atom. The van der Waals surface area contributed by atoms with Gasteiger partial charge in [0.15, 0.2) is 5.78 Å². The molecule has 3 aromatic carbocycles. The van der Waals surface area contributed by atoms with Gasteiger partial charge in [-0.05, 0) is 116 Å². The Morgan fingerprint density at radius 2 is 1.40 bits per heavy atom. The van der Waals surface area contributed by atoms with Crippen molar-refractivity contribution in [3.63, 3.8) is 0 Å². The van der Waals surface area contributed by atoms with Crippen LogP contribution in [0.4, 0.5) is 9.59 Å². The molecule has 0 unspecified atom stereocenters. The molecule has 5 aromatic rings. The molecular weight excluding hydrogens is 793 g/mol. The van der Waals surface area contributed by atoms with Crippen LogP contribution in [0, 0.1) is 11.8 Å². The molecule has 9 rings (SSSR count). The standard InChI is InChI=1S/C46H54N8O8/c1-59-44(57)52-38(27-12-19-61-20-13-27)40(55)46(16-4-17-48-46)43-50-34-11-10-32(25-35(34)51-43)30-6-7-31-24-33(9-8-29(31)23-30)36-26-47-41(49-36)37-5-3-18-54(37)42(56)39(53-45(58)60-2)28-14-21-62-22-15-28/h6-11,23-28,37-39,48H,3-5,12-22H2,1-2H3,(H,47,49)(H,50,51)(H,52,57)(H,53,58)/t37-,38-,39-,46+/m0/s1. The van der Waals surface area contributed by atoms with E-state index in [1.54, 1.807) is 0 Å². The van der Waals surface area contributed by atoms with Crippen molar-refractivity contribution in [3.05, 3.63) is 72.4 Å². The number of aromatic nitrogens is 4. The number of nitrogens with one attached hydrogen (secondary N) is 5. The van der Waals surface area contributed by atoms with Crippen LogP contribution in [0.2, 0.25) is 0 Å². The number of amides is 3. The average Bonchev–Trinajstić information content (AvgIpc) is 4.17. The van der Waals surface area contributed by atoms with Crippen LogP contribution in [-0.4, -0.2) is 115 Å². The first-order valence-corrected chi connectivity index (χ1v) is 21.8. The minimum atomic E-state index is -1.08. The summed E-state index contributed by atoms with van der Waals surface area (Å²) in [4.78, 5) is 71.9. The van der Waals surface area contributed by atoms with Crippen LogP contribution in [0.3, 0.4) is 0 Å². The van der Waals surface area contributed by atoms with Crippen LogP contribution in [0.5, 0.6) is 0 Å². The summed E-state index contributed by atoms with van der Waals surface area (Å²) in [5.41, 5.74) is 4.35. The van der Waals surface area contributed by atoms with Crippen LogP contribution < -0.4 is 16.0 Å². The van der Waals surface area contributed by atoms with E-state index in [9.17, 15) is 19.2 Å². The highest BCUT2D eigenvalue weighted by molar-refractivity contribution is 5.97. The summed E-state index contributed by atoms with van der Waals surface area (Å²) >= 11 is 0. The SMILES string of the molecule is COC(=O)N[C@H](C(=O)N1CCC[C@H]1c1ncc(-c2ccc3cc(-c4ccc5nc([C@]6(C(=O)[C@@H](NC(=O)OC)C7CCOCC7)CCCN6)[nH]c5c4)ccc3c2)[nH]1)C1CCOCC1. The summed E-state index contributed by atoms with van der Waals surface area (Å²) in [6, 6.07) is 17.1. The lowest BCUT2D eigenvalue weighted by Gasteiger charge is -2.35. The van der Waals surface area contributed by atoms with Crippen LogP contribution in [-0.2, 0) is 34.1 Å². The van der Waals surface area contributed by atoms with E-state index in [0.29, 0.717) is 77.4 Å². The summed E-state index contributed by atoms with van der Waals surface area (Å²) in [6.07, 6.45) is 6.23. The second-order valence-electron chi connectivity index (χ2n) is 16.9. The fourth-order valence-corrected chi connectivity index (χ4v) is 9.92. The number of alkyl carbamates (subject to hydrolysis) is 2. The van der Waals surface area contributed by atoms with E-state index in [1.807, 2.05) is 23.2 Å². The number of H-pyrrole nitrogens is 2. The molecule has 3 amide bonds. The summed E-state index contributed by atoms with van der Waals surface area (Å²) in [6.45, 7) is 3.42. The highest BCUT2D eigenvalue weighted by Gasteiger charge is 2.50. The van der Waals surface area contributed by atoms with Crippen molar-refractivity contribution in [2.75, 3.05) is 53.7 Å². The Kier molecular flexibility index (Phi) is 12.0. The highest BCUT2D eigenvalue weighted by atomic mass is 16.5. The zero-order valence-corrected chi connectivity index (χ0v) is 35.2. The van der Waals surface area contributed by atoms with Gasteiger partial charge in [-0.2, -0.15) is 0 Å². The number of likely N-dealkylation sites (tertiary alicyclic amines) is 1. The van der Waals surface area contributed by atoms with E-state index in [0.717, 1.165) is 69.3 Å². The molecule has 4 aliphatic rings. The monoisotopic (exact) mass is 846 g/mol. The predicted molar refractivity (Wildman–Crippen MR) is 230 cm³/mol. The van der Waals surface area contributed by atoms with Crippen molar-refractivity contribution in [2.45, 2.75) is 75.0 Å². The number of fused-ring (bicyclic) bond motifs is 2. The lowest BCUT2D eigenvalue weighted by molar-refractivity contribution is -0.136. The number of carbonyl (C=O) groups is 4. The zero-order chi connectivity index (χ0) is 42.8. The number of benzene rings is 3. The van der Waals surface area contributed by atoms with Gasteiger partial charge in [-0.15, -0.1) is 0 Å². The number of rotatable bonds is 11. The molecule has 16 nitrogen and oxygen atoms in total. The number of nitrogens with zero attached hydrogens (tertiary/aromatic N) is 3. The second kappa shape index (κ2) is 17.9. The molecule has 0 radical (unpaired) electrons. The van der Waals surface area contributed by atoms with Crippen LogP contribution in [0.15, 0.2) is 60.8 Å². The number of Topliss-reactive ketones (excluding diaryl/α,β-unsaturated/α-hetero) is 1. The zero-order valence-electron chi connectivity index (χ0n) is 35.2. The number of imidazole rings is 2. The van der Waals surface area contributed by atoms with Gasteiger partial charge in [-0.3, -0.25) is 14.9 Å². The normalized spacial score (nSPS) is 22.1. The maximum Gasteiger partial charge on any atom is 0.407 e. The molecule has 6 heterocycles. The molecule has 62 heavy (non-hydrogen) atoms. The third-order valence-corrected chi connectivity index (χ3v) is 13.3.